The lowest BCUT2D eigenvalue weighted by Gasteiger charge is -2.24. The predicted octanol–water partition coefficient (Wildman–Crippen LogP) is 3.93. The maximum Gasteiger partial charge on any atom is 0.127 e. The molecule has 20 heavy (non-hydrogen) atoms. The van der Waals surface area contributed by atoms with E-state index in [1.807, 2.05) is 18.2 Å². The summed E-state index contributed by atoms with van der Waals surface area (Å²) in [5, 5.41) is 0. The SMILES string of the molecule is NNC(c1cc(Cl)sc1Cl)c1cccc2c1OCCC2. The van der Waals surface area contributed by atoms with E-state index in [1.165, 1.54) is 16.9 Å². The molecule has 1 aliphatic rings. The van der Waals surface area contributed by atoms with Crippen LogP contribution in [0.4, 0.5) is 0 Å². The monoisotopic (exact) mass is 328 g/mol. The van der Waals surface area contributed by atoms with Gasteiger partial charge in [0.25, 0.3) is 0 Å². The van der Waals surface area contributed by atoms with Crippen LogP contribution in [-0.2, 0) is 6.42 Å². The van der Waals surface area contributed by atoms with Gasteiger partial charge in [-0.25, -0.2) is 5.43 Å². The Balaban J connectivity index is 2.08. The number of benzene rings is 1. The van der Waals surface area contributed by atoms with Crippen molar-refractivity contribution in [2.45, 2.75) is 18.9 Å². The molecule has 3 rings (SSSR count). The zero-order chi connectivity index (χ0) is 14.1. The highest BCUT2D eigenvalue weighted by Crippen LogP contribution is 2.41. The maximum absolute atomic E-state index is 6.25. The summed E-state index contributed by atoms with van der Waals surface area (Å²) in [6, 6.07) is 7.75. The third-order valence-corrected chi connectivity index (χ3v) is 4.95. The molecule has 2 aromatic rings. The summed E-state index contributed by atoms with van der Waals surface area (Å²) in [4.78, 5) is 0. The predicted molar refractivity (Wildman–Crippen MR) is 83.8 cm³/mol. The molecule has 3 nitrogen and oxygen atoms in total. The standard InChI is InChI=1S/C14H14Cl2N2OS/c15-11-7-10(14(16)20-11)12(18-17)9-5-1-3-8-4-2-6-19-13(8)9/h1,3,5,7,12,18H,2,4,6,17H2. The molecule has 0 saturated carbocycles. The minimum Gasteiger partial charge on any atom is -0.493 e. The Bertz CT molecular complexity index is 630. The zero-order valence-corrected chi connectivity index (χ0v) is 13.0. The number of para-hydroxylation sites is 1. The summed E-state index contributed by atoms with van der Waals surface area (Å²) >= 11 is 13.6. The largest absolute Gasteiger partial charge is 0.493 e. The van der Waals surface area contributed by atoms with Gasteiger partial charge in [-0.15, -0.1) is 11.3 Å². The van der Waals surface area contributed by atoms with Crippen LogP contribution in [0, 0.1) is 0 Å². The van der Waals surface area contributed by atoms with E-state index < -0.39 is 0 Å². The van der Waals surface area contributed by atoms with Crippen molar-refractivity contribution in [3.8, 4) is 5.75 Å². The molecule has 1 atom stereocenters. The Kier molecular flexibility index (Phi) is 4.19. The second-order valence-corrected chi connectivity index (χ2v) is 6.95. The van der Waals surface area contributed by atoms with Gasteiger partial charge in [0, 0.05) is 11.1 Å². The first kappa shape index (κ1) is 14.2. The number of hydrogen-bond donors (Lipinski definition) is 2. The van der Waals surface area contributed by atoms with Crippen LogP contribution in [0.3, 0.4) is 0 Å². The van der Waals surface area contributed by atoms with Crippen LogP contribution in [0.25, 0.3) is 0 Å². The smallest absolute Gasteiger partial charge is 0.127 e. The quantitative estimate of drug-likeness (QED) is 0.662. The number of nitrogens with one attached hydrogen (secondary N) is 1. The molecule has 0 spiro atoms. The van der Waals surface area contributed by atoms with Crippen LogP contribution in [0.15, 0.2) is 24.3 Å². The van der Waals surface area contributed by atoms with Gasteiger partial charge in [0.2, 0.25) is 0 Å². The molecule has 0 radical (unpaired) electrons. The lowest BCUT2D eigenvalue weighted by molar-refractivity contribution is 0.283. The molecule has 1 aromatic carbocycles. The second kappa shape index (κ2) is 5.92. The number of rotatable bonds is 3. The van der Waals surface area contributed by atoms with E-state index in [1.54, 1.807) is 0 Å². The maximum atomic E-state index is 6.25. The van der Waals surface area contributed by atoms with Crippen molar-refractivity contribution in [2.24, 2.45) is 5.84 Å². The highest BCUT2D eigenvalue weighted by Gasteiger charge is 2.24. The molecule has 106 valence electrons. The molecule has 1 aliphatic heterocycles. The summed E-state index contributed by atoms with van der Waals surface area (Å²) in [5.74, 6) is 6.66. The number of nitrogens with two attached hydrogens (primary N) is 1. The normalized spacial score (nSPS) is 15.6. The molecular formula is C14H14Cl2N2OS. The molecule has 0 fully saturated rings. The van der Waals surface area contributed by atoms with Crippen molar-refractivity contribution in [1.29, 1.82) is 0 Å². The van der Waals surface area contributed by atoms with Crippen molar-refractivity contribution < 1.29 is 4.74 Å². The topological polar surface area (TPSA) is 47.3 Å². The van der Waals surface area contributed by atoms with Gasteiger partial charge in [-0.3, -0.25) is 5.84 Å². The van der Waals surface area contributed by atoms with Gasteiger partial charge in [0.15, 0.2) is 0 Å². The Hall–Kier alpha value is -0.780. The first-order valence-electron chi connectivity index (χ1n) is 6.36. The van der Waals surface area contributed by atoms with Crippen LogP contribution >= 0.6 is 34.5 Å². The molecule has 1 unspecified atom stereocenters. The van der Waals surface area contributed by atoms with Crippen molar-refractivity contribution in [3.63, 3.8) is 0 Å². The third kappa shape index (κ3) is 2.54. The van der Waals surface area contributed by atoms with Crippen LogP contribution in [0.1, 0.15) is 29.2 Å². The number of halogens is 2. The minimum absolute atomic E-state index is 0.223. The van der Waals surface area contributed by atoms with Crippen LogP contribution < -0.4 is 16.0 Å². The van der Waals surface area contributed by atoms with Crippen molar-refractivity contribution in [2.75, 3.05) is 6.61 Å². The Labute approximate surface area is 131 Å². The molecule has 3 N–H and O–H groups in total. The van der Waals surface area contributed by atoms with Gasteiger partial charge in [-0.05, 0) is 24.5 Å². The summed E-state index contributed by atoms with van der Waals surface area (Å²) in [6.45, 7) is 0.736. The van der Waals surface area contributed by atoms with Gasteiger partial charge in [0.1, 0.15) is 5.75 Å². The molecule has 1 aromatic heterocycles. The first-order valence-corrected chi connectivity index (χ1v) is 7.93. The molecule has 2 heterocycles. The Morgan fingerprint density at radius 2 is 2.15 bits per heavy atom. The van der Waals surface area contributed by atoms with Gasteiger partial charge in [-0.1, -0.05) is 41.4 Å². The number of aryl methyl sites for hydroxylation is 1. The number of hydrogen-bond acceptors (Lipinski definition) is 4. The van der Waals surface area contributed by atoms with E-state index in [9.17, 15) is 0 Å². The molecule has 0 bridgehead atoms. The molecule has 0 amide bonds. The van der Waals surface area contributed by atoms with Gasteiger partial charge in [-0.2, -0.15) is 0 Å². The van der Waals surface area contributed by atoms with Crippen LogP contribution in [0.2, 0.25) is 8.67 Å². The second-order valence-electron chi connectivity index (χ2n) is 4.67. The fourth-order valence-corrected chi connectivity index (χ4v) is 4.07. The fourth-order valence-electron chi connectivity index (χ4n) is 2.54. The third-order valence-electron chi connectivity index (χ3n) is 3.44. The highest BCUT2D eigenvalue weighted by atomic mass is 35.5. The van der Waals surface area contributed by atoms with Gasteiger partial charge < -0.3 is 4.74 Å². The number of ether oxygens (including phenoxy) is 1. The van der Waals surface area contributed by atoms with Crippen LogP contribution in [-0.4, -0.2) is 6.61 Å². The van der Waals surface area contributed by atoms with Crippen molar-refractivity contribution in [3.05, 3.63) is 49.6 Å². The fraction of sp³-hybridized carbons (Fsp3) is 0.286. The first-order chi connectivity index (χ1) is 9.70. The minimum atomic E-state index is -0.223. The van der Waals surface area contributed by atoms with Crippen molar-refractivity contribution >= 4 is 34.5 Å². The number of fused-ring (bicyclic) bond motifs is 1. The molecule has 6 heteroatoms. The summed E-state index contributed by atoms with van der Waals surface area (Å²) in [5.41, 5.74) is 5.92. The van der Waals surface area contributed by atoms with E-state index in [-0.39, 0.29) is 6.04 Å². The number of thiophene rings is 1. The van der Waals surface area contributed by atoms with Gasteiger partial charge in [0.05, 0.1) is 21.3 Å². The summed E-state index contributed by atoms with van der Waals surface area (Å²) in [7, 11) is 0. The average molecular weight is 329 g/mol. The Morgan fingerprint density at radius 1 is 1.30 bits per heavy atom. The van der Waals surface area contributed by atoms with E-state index in [2.05, 4.69) is 11.5 Å². The summed E-state index contributed by atoms with van der Waals surface area (Å²) in [6.07, 6.45) is 2.07. The lowest BCUT2D eigenvalue weighted by atomic mass is 9.95. The van der Waals surface area contributed by atoms with Gasteiger partial charge >= 0.3 is 0 Å². The molecule has 0 saturated heterocycles. The Morgan fingerprint density at radius 3 is 2.85 bits per heavy atom. The van der Waals surface area contributed by atoms with Crippen LogP contribution in [0.5, 0.6) is 5.75 Å². The lowest BCUT2D eigenvalue weighted by Crippen LogP contribution is -2.29. The number of hydrazine groups is 1. The van der Waals surface area contributed by atoms with Crippen molar-refractivity contribution in [1.82, 2.24) is 5.43 Å². The molecule has 0 aliphatic carbocycles. The zero-order valence-electron chi connectivity index (χ0n) is 10.7. The molecular weight excluding hydrogens is 315 g/mol. The summed E-state index contributed by atoms with van der Waals surface area (Å²) < 4.78 is 7.13. The van der Waals surface area contributed by atoms with E-state index >= 15 is 0 Å². The highest BCUT2D eigenvalue weighted by molar-refractivity contribution is 7.20. The van der Waals surface area contributed by atoms with E-state index in [4.69, 9.17) is 33.8 Å². The van der Waals surface area contributed by atoms with E-state index in [0.717, 1.165) is 36.3 Å². The van der Waals surface area contributed by atoms with E-state index in [0.29, 0.717) is 8.67 Å². The average Bonchev–Trinajstić information content (AvgIpc) is 2.79.